The van der Waals surface area contributed by atoms with Crippen LogP contribution in [0.15, 0.2) is 11.6 Å². The van der Waals surface area contributed by atoms with Crippen LogP contribution in [0.3, 0.4) is 0 Å². The monoisotopic (exact) mass is 912 g/mol. The molecule has 0 aromatic rings. The van der Waals surface area contributed by atoms with Gasteiger partial charge in [-0.05, 0) is 111 Å². The lowest BCUT2D eigenvalue weighted by Crippen LogP contribution is -2.69. The molecule has 8 rings (SSSR count). The SMILES string of the molecule is C[C@@H]1O[C@H](O[C@@H]2[C@@H](OC(=O)[C@]34CCC(C)(C)C[C@H]3C3=CC[C@@H]5[C@@]6(C)C[C@H](O)[C@H](O)[C@@](C)(C(=O)O)[C@@H]6CC[C@@]5(C)[C@]3(C)CC4)OC[C@H](O)[C@H]2O)[C@@H](O)[C@H](O)[C@H]1O[C@H]1OC[C@H](O)[C@@H](O)[C@@H]1O. The Labute approximate surface area is 373 Å². The average Bonchev–Trinajstić information content (AvgIpc) is 3.22. The summed E-state index contributed by atoms with van der Waals surface area (Å²) in [5.41, 5.74) is -2.83. The van der Waals surface area contributed by atoms with Crippen LogP contribution in [-0.4, -0.2) is 168 Å². The summed E-state index contributed by atoms with van der Waals surface area (Å²) in [5, 5.41) is 108. The molecule has 64 heavy (non-hydrogen) atoms. The van der Waals surface area contributed by atoms with E-state index >= 15 is 4.79 Å². The molecule has 0 amide bonds. The number of fused-ring (bicyclic) bond motifs is 7. The van der Waals surface area contributed by atoms with Crippen molar-refractivity contribution in [2.75, 3.05) is 13.2 Å². The van der Waals surface area contributed by atoms with E-state index in [2.05, 4.69) is 40.7 Å². The number of allylic oxidation sites excluding steroid dienone is 2. The van der Waals surface area contributed by atoms with Crippen LogP contribution >= 0.6 is 0 Å². The minimum Gasteiger partial charge on any atom is -0.481 e. The molecule has 5 aliphatic carbocycles. The molecule has 364 valence electrons. The Morgan fingerprint density at radius 2 is 1.28 bits per heavy atom. The van der Waals surface area contributed by atoms with E-state index in [9.17, 15) is 55.9 Å². The quantitative estimate of drug-likeness (QED) is 0.123. The van der Waals surface area contributed by atoms with Crippen molar-refractivity contribution in [1.29, 1.82) is 0 Å². The third-order valence-electron chi connectivity index (χ3n) is 18.6. The second-order valence-electron chi connectivity index (χ2n) is 22.5. The van der Waals surface area contributed by atoms with Crippen LogP contribution in [0.1, 0.15) is 106 Å². The highest BCUT2D eigenvalue weighted by Gasteiger charge is 2.72. The van der Waals surface area contributed by atoms with Crippen molar-refractivity contribution in [1.82, 2.24) is 0 Å². The molecule has 23 atom stereocenters. The first-order chi connectivity index (χ1) is 29.8. The minimum atomic E-state index is -1.83. The number of carboxylic acids is 1. The number of aliphatic carboxylic acids is 1. The van der Waals surface area contributed by atoms with Gasteiger partial charge in [0.15, 0.2) is 18.7 Å². The fourth-order valence-electron chi connectivity index (χ4n) is 14.4. The standard InChI is InChI=1S/C46H72O18/c1-20-33(62-36-31(53)28(50)24(48)18-59-36)30(52)32(54)37(61-20)63-34-29(51)25(49)19-60-38(34)64-40(58)46-14-12-41(2,3)16-22(46)21-8-9-26-42(4)17-23(47)35(55)45(7,39(56)57)27(42)10-11-44(26,6)43(21,5)13-15-46/h8,20,22-38,47-55H,9-19H2,1-7H3,(H,56,57)/t20-,22-,23-,24-,25-,26+,27+,28+,29+,30-,31-,32-,33-,34-,35-,36+,37+,38+,42+,43+,44+,45-,46-/m0/s1. The van der Waals surface area contributed by atoms with Crippen molar-refractivity contribution in [2.24, 2.45) is 50.2 Å². The Morgan fingerprint density at radius 3 is 1.95 bits per heavy atom. The van der Waals surface area contributed by atoms with E-state index in [1.807, 2.05) is 0 Å². The highest BCUT2D eigenvalue weighted by molar-refractivity contribution is 5.79. The first kappa shape index (κ1) is 48.6. The maximum absolute atomic E-state index is 15.1. The number of ether oxygens (including phenoxy) is 6. The zero-order valence-corrected chi connectivity index (χ0v) is 38.0. The number of carbonyl (C=O) groups is 2. The molecule has 8 aliphatic rings. The molecule has 4 saturated carbocycles. The van der Waals surface area contributed by atoms with Gasteiger partial charge >= 0.3 is 11.9 Å². The maximum atomic E-state index is 15.1. The molecule has 3 heterocycles. The predicted octanol–water partition coefficient (Wildman–Crippen LogP) is 0.482. The lowest BCUT2D eigenvalue weighted by Gasteiger charge is -2.71. The third-order valence-corrected chi connectivity index (χ3v) is 18.6. The molecule has 0 aromatic heterocycles. The zero-order chi connectivity index (χ0) is 46.9. The van der Waals surface area contributed by atoms with Gasteiger partial charge in [0.25, 0.3) is 0 Å². The van der Waals surface area contributed by atoms with Gasteiger partial charge in [0.05, 0.1) is 42.4 Å². The van der Waals surface area contributed by atoms with Crippen molar-refractivity contribution >= 4 is 11.9 Å². The molecule has 3 aliphatic heterocycles. The molecule has 18 heteroatoms. The van der Waals surface area contributed by atoms with E-state index in [-0.39, 0.29) is 41.6 Å². The maximum Gasteiger partial charge on any atom is 0.315 e. The molecular formula is C46H72O18. The fourth-order valence-corrected chi connectivity index (χ4v) is 14.4. The molecular weight excluding hydrogens is 840 g/mol. The molecule has 10 N–H and O–H groups in total. The van der Waals surface area contributed by atoms with E-state index in [0.29, 0.717) is 44.9 Å². The van der Waals surface area contributed by atoms with Crippen molar-refractivity contribution in [3.05, 3.63) is 11.6 Å². The first-order valence-electron chi connectivity index (χ1n) is 23.2. The Balaban J connectivity index is 1.04. The summed E-state index contributed by atoms with van der Waals surface area (Å²) in [6.07, 6.45) is -15.1. The Hall–Kier alpha value is -1.88. The predicted molar refractivity (Wildman–Crippen MR) is 220 cm³/mol. The molecule has 0 unspecified atom stereocenters. The van der Waals surface area contributed by atoms with Gasteiger partial charge in [-0.1, -0.05) is 46.3 Å². The van der Waals surface area contributed by atoms with Crippen LogP contribution in [0.4, 0.5) is 0 Å². The average molecular weight is 913 g/mol. The largest absolute Gasteiger partial charge is 0.481 e. The number of aliphatic hydroxyl groups is 9. The van der Waals surface area contributed by atoms with Crippen LogP contribution in [0.2, 0.25) is 0 Å². The zero-order valence-electron chi connectivity index (χ0n) is 38.0. The van der Waals surface area contributed by atoms with Crippen LogP contribution < -0.4 is 0 Å². The Morgan fingerprint density at radius 1 is 0.672 bits per heavy atom. The smallest absolute Gasteiger partial charge is 0.315 e. The van der Waals surface area contributed by atoms with Gasteiger partial charge in [-0.15, -0.1) is 0 Å². The fraction of sp³-hybridized carbons (Fsp3) is 0.913. The van der Waals surface area contributed by atoms with Gasteiger partial charge in [0.2, 0.25) is 6.29 Å². The molecule has 0 radical (unpaired) electrons. The normalized spacial score (nSPS) is 54.8. The lowest BCUT2D eigenvalue weighted by atomic mass is 9.33. The Kier molecular flexibility index (Phi) is 12.7. The number of esters is 1. The summed E-state index contributed by atoms with van der Waals surface area (Å²) in [6.45, 7) is 13.4. The van der Waals surface area contributed by atoms with Crippen LogP contribution in [0.5, 0.6) is 0 Å². The molecule has 18 nitrogen and oxygen atoms in total. The molecule has 0 bridgehead atoms. The summed E-state index contributed by atoms with van der Waals surface area (Å²) >= 11 is 0. The molecule has 0 aromatic carbocycles. The third kappa shape index (κ3) is 7.26. The van der Waals surface area contributed by atoms with Crippen LogP contribution in [0.25, 0.3) is 0 Å². The van der Waals surface area contributed by atoms with E-state index in [0.717, 1.165) is 6.42 Å². The second-order valence-corrected chi connectivity index (χ2v) is 22.5. The van der Waals surface area contributed by atoms with Crippen molar-refractivity contribution in [2.45, 2.75) is 198 Å². The van der Waals surface area contributed by atoms with Gasteiger partial charge in [-0.25, -0.2) is 0 Å². The Bertz CT molecular complexity index is 1810. The van der Waals surface area contributed by atoms with E-state index in [1.54, 1.807) is 6.92 Å². The van der Waals surface area contributed by atoms with Crippen molar-refractivity contribution in [3.8, 4) is 0 Å². The highest BCUT2D eigenvalue weighted by atomic mass is 16.8. The number of carboxylic acid groups (broad SMARTS) is 1. The second kappa shape index (κ2) is 16.7. The van der Waals surface area contributed by atoms with Crippen LogP contribution in [-0.2, 0) is 38.0 Å². The summed E-state index contributed by atoms with van der Waals surface area (Å²) in [6, 6.07) is 0. The van der Waals surface area contributed by atoms with Crippen LogP contribution in [0, 0.1) is 50.2 Å². The van der Waals surface area contributed by atoms with Gasteiger partial charge in [-0.2, -0.15) is 0 Å². The summed E-state index contributed by atoms with van der Waals surface area (Å²) in [5.74, 6) is -2.28. The van der Waals surface area contributed by atoms with Gasteiger partial charge in [-0.3, -0.25) is 9.59 Å². The van der Waals surface area contributed by atoms with Gasteiger partial charge < -0.3 is 79.5 Å². The number of aliphatic hydroxyl groups excluding tert-OH is 9. The summed E-state index contributed by atoms with van der Waals surface area (Å²) < 4.78 is 35.1. The summed E-state index contributed by atoms with van der Waals surface area (Å²) in [7, 11) is 0. The van der Waals surface area contributed by atoms with E-state index in [1.165, 1.54) is 12.5 Å². The highest BCUT2D eigenvalue weighted by Crippen LogP contribution is 2.76. The van der Waals surface area contributed by atoms with Crippen molar-refractivity contribution in [3.63, 3.8) is 0 Å². The minimum absolute atomic E-state index is 0.0135. The number of carbonyl (C=O) groups excluding carboxylic acids is 1. The van der Waals surface area contributed by atoms with Crippen molar-refractivity contribution < 1.29 is 89.1 Å². The first-order valence-corrected chi connectivity index (χ1v) is 23.2. The van der Waals surface area contributed by atoms with Gasteiger partial charge in [0, 0.05) is 0 Å². The number of hydrogen-bond acceptors (Lipinski definition) is 17. The number of rotatable bonds is 7. The number of hydrogen-bond donors (Lipinski definition) is 10. The molecule has 3 saturated heterocycles. The van der Waals surface area contributed by atoms with E-state index in [4.69, 9.17) is 28.4 Å². The summed E-state index contributed by atoms with van der Waals surface area (Å²) in [4.78, 5) is 28.0. The molecule has 7 fully saturated rings. The molecule has 0 spiro atoms. The lowest BCUT2D eigenvalue weighted by molar-refractivity contribution is -0.368. The van der Waals surface area contributed by atoms with Gasteiger partial charge in [0.1, 0.15) is 48.8 Å². The van der Waals surface area contributed by atoms with E-state index < -0.39 is 132 Å². The topological polar surface area (TPSA) is 292 Å².